The molecule has 2 aliphatic rings. The quantitative estimate of drug-likeness (QED) is 0.907. The number of halogens is 1. The lowest BCUT2D eigenvalue weighted by molar-refractivity contribution is -0.131. The van der Waals surface area contributed by atoms with Gasteiger partial charge in [0.15, 0.2) is 0 Å². The highest BCUT2D eigenvalue weighted by atomic mass is 19.1. The van der Waals surface area contributed by atoms with E-state index in [1.165, 1.54) is 12.1 Å². The lowest BCUT2D eigenvalue weighted by Gasteiger charge is -2.17. The van der Waals surface area contributed by atoms with Crippen LogP contribution in [-0.4, -0.2) is 40.8 Å². The summed E-state index contributed by atoms with van der Waals surface area (Å²) >= 11 is 0. The summed E-state index contributed by atoms with van der Waals surface area (Å²) in [6, 6.07) is 4.29. The zero-order valence-corrected chi connectivity index (χ0v) is 13.5. The minimum atomic E-state index is -0.368. The first-order valence-corrected chi connectivity index (χ1v) is 8.39. The standard InChI is InChI=1S/C18H20FN3O2/c1-10-6-13(10)18(24)22-5-4-12(9-22)21-17(23)15-8-20-16-3-2-11(19)7-14(15)16/h2-3,7-8,10,12-13,20H,4-6,9H2,1H3,(H,21,23)/t10-,12-,13-/m0/s1. The van der Waals surface area contributed by atoms with E-state index in [2.05, 4.69) is 17.2 Å². The maximum atomic E-state index is 13.4. The fourth-order valence-electron chi connectivity index (χ4n) is 3.52. The van der Waals surface area contributed by atoms with Crippen molar-refractivity contribution in [3.8, 4) is 0 Å². The zero-order chi connectivity index (χ0) is 16.8. The van der Waals surface area contributed by atoms with Crippen LogP contribution in [0.5, 0.6) is 0 Å². The Bertz CT molecular complexity index is 816. The number of benzene rings is 1. The van der Waals surface area contributed by atoms with Crippen molar-refractivity contribution < 1.29 is 14.0 Å². The fraction of sp³-hybridized carbons (Fsp3) is 0.444. The van der Waals surface area contributed by atoms with Gasteiger partial charge in [-0.15, -0.1) is 0 Å². The van der Waals surface area contributed by atoms with Gasteiger partial charge in [-0.1, -0.05) is 6.92 Å². The topological polar surface area (TPSA) is 65.2 Å². The summed E-state index contributed by atoms with van der Waals surface area (Å²) in [5.41, 5.74) is 1.16. The number of nitrogens with zero attached hydrogens (tertiary/aromatic N) is 1. The molecule has 1 aromatic carbocycles. The van der Waals surface area contributed by atoms with Gasteiger partial charge in [-0.2, -0.15) is 0 Å². The average molecular weight is 329 g/mol. The number of likely N-dealkylation sites (tertiary alicyclic amines) is 1. The maximum Gasteiger partial charge on any atom is 0.253 e. The third kappa shape index (κ3) is 2.66. The summed E-state index contributed by atoms with van der Waals surface area (Å²) in [5, 5.41) is 3.55. The van der Waals surface area contributed by atoms with Crippen molar-refractivity contribution in [2.75, 3.05) is 13.1 Å². The average Bonchev–Trinajstić information content (AvgIpc) is 2.97. The van der Waals surface area contributed by atoms with Crippen LogP contribution in [0.4, 0.5) is 4.39 Å². The molecule has 0 spiro atoms. The molecule has 1 aliphatic carbocycles. The molecule has 0 unspecified atom stereocenters. The van der Waals surface area contributed by atoms with E-state index in [4.69, 9.17) is 0 Å². The molecule has 2 N–H and O–H groups in total. The normalized spacial score (nSPS) is 25.9. The van der Waals surface area contributed by atoms with Crippen molar-refractivity contribution in [3.63, 3.8) is 0 Å². The Hall–Kier alpha value is -2.37. The lowest BCUT2D eigenvalue weighted by Crippen LogP contribution is -2.38. The van der Waals surface area contributed by atoms with Crippen LogP contribution in [0, 0.1) is 17.7 Å². The van der Waals surface area contributed by atoms with Crippen molar-refractivity contribution >= 4 is 22.7 Å². The van der Waals surface area contributed by atoms with Crippen LogP contribution in [0.2, 0.25) is 0 Å². The second kappa shape index (κ2) is 5.61. The van der Waals surface area contributed by atoms with E-state index < -0.39 is 0 Å². The van der Waals surface area contributed by atoms with Crippen LogP contribution in [0.3, 0.4) is 0 Å². The smallest absolute Gasteiger partial charge is 0.253 e. The van der Waals surface area contributed by atoms with Crippen LogP contribution in [0.15, 0.2) is 24.4 Å². The molecule has 1 aliphatic heterocycles. The Balaban J connectivity index is 1.43. The van der Waals surface area contributed by atoms with E-state index in [0.29, 0.717) is 30.0 Å². The second-order valence-corrected chi connectivity index (χ2v) is 6.96. The Morgan fingerprint density at radius 2 is 2.17 bits per heavy atom. The van der Waals surface area contributed by atoms with Crippen molar-refractivity contribution in [1.82, 2.24) is 15.2 Å². The van der Waals surface area contributed by atoms with Gasteiger partial charge in [0.25, 0.3) is 5.91 Å². The molecular weight excluding hydrogens is 309 g/mol. The number of nitrogens with one attached hydrogen (secondary N) is 2. The van der Waals surface area contributed by atoms with E-state index >= 15 is 0 Å². The number of aromatic amines is 1. The second-order valence-electron chi connectivity index (χ2n) is 6.96. The molecule has 2 heterocycles. The largest absolute Gasteiger partial charge is 0.360 e. The summed E-state index contributed by atoms with van der Waals surface area (Å²) in [5.74, 6) is 0.287. The number of rotatable bonds is 3. The van der Waals surface area contributed by atoms with Crippen molar-refractivity contribution in [1.29, 1.82) is 0 Å². The van der Waals surface area contributed by atoms with Gasteiger partial charge in [0, 0.05) is 42.1 Å². The van der Waals surface area contributed by atoms with Crippen LogP contribution in [-0.2, 0) is 4.79 Å². The molecule has 2 fully saturated rings. The first-order chi connectivity index (χ1) is 11.5. The first kappa shape index (κ1) is 15.2. The zero-order valence-electron chi connectivity index (χ0n) is 13.5. The molecule has 5 nitrogen and oxygen atoms in total. The molecule has 3 atom stereocenters. The summed E-state index contributed by atoms with van der Waals surface area (Å²) in [7, 11) is 0. The molecule has 24 heavy (non-hydrogen) atoms. The maximum absolute atomic E-state index is 13.4. The minimum absolute atomic E-state index is 0.0472. The van der Waals surface area contributed by atoms with Crippen molar-refractivity contribution in [2.45, 2.75) is 25.8 Å². The summed E-state index contributed by atoms with van der Waals surface area (Å²) in [6.45, 7) is 3.34. The Labute approximate surface area is 139 Å². The monoisotopic (exact) mass is 329 g/mol. The van der Waals surface area contributed by atoms with Gasteiger partial charge < -0.3 is 15.2 Å². The minimum Gasteiger partial charge on any atom is -0.360 e. The number of aromatic nitrogens is 1. The Morgan fingerprint density at radius 3 is 2.92 bits per heavy atom. The van der Waals surface area contributed by atoms with E-state index in [9.17, 15) is 14.0 Å². The molecule has 4 rings (SSSR count). The number of carbonyl (C=O) groups is 2. The molecule has 0 bridgehead atoms. The highest BCUT2D eigenvalue weighted by Gasteiger charge is 2.43. The van der Waals surface area contributed by atoms with Gasteiger partial charge in [0.1, 0.15) is 5.82 Å². The van der Waals surface area contributed by atoms with Gasteiger partial charge in [-0.3, -0.25) is 9.59 Å². The number of carbonyl (C=O) groups excluding carboxylic acids is 2. The molecule has 1 saturated heterocycles. The first-order valence-electron chi connectivity index (χ1n) is 8.39. The number of hydrogen-bond acceptors (Lipinski definition) is 2. The number of hydrogen-bond donors (Lipinski definition) is 2. The SMILES string of the molecule is C[C@H]1C[C@@H]1C(=O)N1CC[C@H](NC(=O)c2c[nH]c3ccc(F)cc23)C1. The summed E-state index contributed by atoms with van der Waals surface area (Å²) < 4.78 is 13.4. The van der Waals surface area contributed by atoms with Crippen LogP contribution in [0.1, 0.15) is 30.1 Å². The Morgan fingerprint density at radius 1 is 1.38 bits per heavy atom. The van der Waals surface area contributed by atoms with Gasteiger partial charge in [-0.25, -0.2) is 4.39 Å². The van der Waals surface area contributed by atoms with Gasteiger partial charge in [0.05, 0.1) is 5.56 Å². The highest BCUT2D eigenvalue weighted by molar-refractivity contribution is 6.06. The van der Waals surface area contributed by atoms with Gasteiger partial charge in [-0.05, 0) is 37.0 Å². The Kier molecular flexibility index (Phi) is 3.55. The van der Waals surface area contributed by atoms with Crippen LogP contribution < -0.4 is 5.32 Å². The number of fused-ring (bicyclic) bond motifs is 1. The number of amides is 2. The van der Waals surface area contributed by atoms with Gasteiger partial charge in [0.2, 0.25) is 5.91 Å². The van der Waals surface area contributed by atoms with E-state index in [-0.39, 0.29) is 29.6 Å². The summed E-state index contributed by atoms with van der Waals surface area (Å²) in [4.78, 5) is 29.6. The lowest BCUT2D eigenvalue weighted by atomic mass is 10.1. The molecule has 2 amide bonds. The predicted octanol–water partition coefficient (Wildman–Crippen LogP) is 2.29. The summed E-state index contributed by atoms with van der Waals surface area (Å²) in [6.07, 6.45) is 3.34. The number of H-pyrrole nitrogens is 1. The van der Waals surface area contributed by atoms with Gasteiger partial charge >= 0.3 is 0 Å². The molecule has 2 aromatic rings. The fourth-order valence-corrected chi connectivity index (χ4v) is 3.52. The molecule has 1 saturated carbocycles. The van der Waals surface area contributed by atoms with E-state index in [1.54, 1.807) is 12.3 Å². The van der Waals surface area contributed by atoms with Crippen LogP contribution in [0.25, 0.3) is 10.9 Å². The highest BCUT2D eigenvalue weighted by Crippen LogP contribution is 2.39. The van der Waals surface area contributed by atoms with E-state index in [1.807, 2.05) is 4.90 Å². The third-order valence-electron chi connectivity index (χ3n) is 5.15. The molecule has 126 valence electrons. The molecule has 1 aromatic heterocycles. The molecular formula is C18H20FN3O2. The molecule has 0 radical (unpaired) electrons. The van der Waals surface area contributed by atoms with Crippen LogP contribution >= 0.6 is 0 Å². The van der Waals surface area contributed by atoms with Crippen molar-refractivity contribution in [3.05, 3.63) is 35.8 Å². The molecule has 6 heteroatoms. The predicted molar refractivity (Wildman–Crippen MR) is 88.0 cm³/mol. The van der Waals surface area contributed by atoms with E-state index in [0.717, 1.165) is 18.4 Å². The van der Waals surface area contributed by atoms with Crippen molar-refractivity contribution in [2.24, 2.45) is 11.8 Å². The third-order valence-corrected chi connectivity index (χ3v) is 5.15.